The average molecular weight is 494 g/mol. The van der Waals surface area contributed by atoms with E-state index in [-0.39, 0.29) is 35.8 Å². The molecule has 150 valence electrons. The van der Waals surface area contributed by atoms with Crippen LogP contribution in [-0.2, 0) is 6.54 Å². The zero-order chi connectivity index (χ0) is 18.9. The fourth-order valence-corrected chi connectivity index (χ4v) is 2.47. The van der Waals surface area contributed by atoms with Gasteiger partial charge in [0, 0.05) is 25.7 Å². The van der Waals surface area contributed by atoms with Gasteiger partial charge in [-0.2, -0.15) is 8.78 Å². The van der Waals surface area contributed by atoms with Crippen molar-refractivity contribution >= 4 is 29.9 Å². The Bertz CT molecular complexity index is 696. The first kappa shape index (κ1) is 23.2. The minimum Gasteiger partial charge on any atom is -0.468 e. The van der Waals surface area contributed by atoms with E-state index < -0.39 is 6.61 Å². The van der Waals surface area contributed by atoms with Crippen LogP contribution < -0.4 is 15.4 Å². The van der Waals surface area contributed by atoms with Crippen molar-refractivity contribution in [3.8, 4) is 5.75 Å². The maximum atomic E-state index is 12.5. The summed E-state index contributed by atoms with van der Waals surface area (Å²) in [7, 11) is 5.57. The summed E-state index contributed by atoms with van der Waals surface area (Å²) < 4.78 is 35.0. The average Bonchev–Trinajstić information content (AvgIpc) is 3.12. The summed E-state index contributed by atoms with van der Waals surface area (Å²) in [6.07, 6.45) is 1.64. The lowest BCUT2D eigenvalue weighted by atomic mass is 10.2. The van der Waals surface area contributed by atoms with E-state index in [2.05, 4.69) is 20.4 Å². The van der Waals surface area contributed by atoms with Gasteiger partial charge in [-0.3, -0.25) is 9.89 Å². The number of nitrogens with one attached hydrogen (secondary N) is 2. The molecule has 1 aromatic heterocycles. The van der Waals surface area contributed by atoms with Crippen molar-refractivity contribution in [3.05, 3.63) is 54.0 Å². The van der Waals surface area contributed by atoms with Gasteiger partial charge in [-0.1, -0.05) is 18.2 Å². The van der Waals surface area contributed by atoms with Crippen LogP contribution in [-0.4, -0.2) is 45.2 Å². The number of benzene rings is 1. The van der Waals surface area contributed by atoms with E-state index in [0.29, 0.717) is 24.6 Å². The Morgan fingerprint density at radius 3 is 2.52 bits per heavy atom. The van der Waals surface area contributed by atoms with Crippen LogP contribution in [0.4, 0.5) is 8.78 Å². The van der Waals surface area contributed by atoms with E-state index in [4.69, 9.17) is 4.42 Å². The summed E-state index contributed by atoms with van der Waals surface area (Å²) >= 11 is 0. The Labute approximate surface area is 175 Å². The fourth-order valence-electron chi connectivity index (χ4n) is 2.47. The molecule has 2 aromatic rings. The highest BCUT2D eigenvalue weighted by molar-refractivity contribution is 14.0. The lowest BCUT2D eigenvalue weighted by molar-refractivity contribution is -0.0504. The number of aliphatic imine (C=N–C) groups is 1. The van der Waals surface area contributed by atoms with E-state index in [1.165, 1.54) is 6.07 Å². The summed E-state index contributed by atoms with van der Waals surface area (Å²) in [5.41, 5.74) is 0.617. The molecule has 0 aliphatic carbocycles. The van der Waals surface area contributed by atoms with Crippen molar-refractivity contribution in [1.82, 2.24) is 15.5 Å². The summed E-state index contributed by atoms with van der Waals surface area (Å²) in [6, 6.07) is 10.4. The molecular weight excluding hydrogens is 469 g/mol. The van der Waals surface area contributed by atoms with Crippen molar-refractivity contribution in [3.63, 3.8) is 0 Å². The van der Waals surface area contributed by atoms with Crippen LogP contribution in [0.15, 0.2) is 52.1 Å². The number of hydrogen-bond donors (Lipinski definition) is 2. The molecule has 0 amide bonds. The summed E-state index contributed by atoms with van der Waals surface area (Å²) in [6.45, 7) is -1.99. The number of rotatable bonds is 8. The molecule has 1 atom stereocenters. The van der Waals surface area contributed by atoms with Gasteiger partial charge in [0.25, 0.3) is 0 Å². The molecule has 0 fully saturated rings. The van der Waals surface area contributed by atoms with Gasteiger partial charge in [0.1, 0.15) is 11.5 Å². The van der Waals surface area contributed by atoms with Crippen LogP contribution in [0, 0.1) is 0 Å². The molecular formula is C18H25F2IN4O2. The van der Waals surface area contributed by atoms with E-state index in [0.717, 1.165) is 5.76 Å². The summed E-state index contributed by atoms with van der Waals surface area (Å²) in [5.74, 6) is 1.54. The second-order valence-corrected chi connectivity index (χ2v) is 5.79. The number of halogens is 3. The molecule has 27 heavy (non-hydrogen) atoms. The van der Waals surface area contributed by atoms with Crippen molar-refractivity contribution in [2.45, 2.75) is 19.2 Å². The topological polar surface area (TPSA) is 62.0 Å². The van der Waals surface area contributed by atoms with Crippen LogP contribution in [0.25, 0.3) is 0 Å². The zero-order valence-electron chi connectivity index (χ0n) is 15.5. The molecule has 1 aromatic carbocycles. The van der Waals surface area contributed by atoms with Crippen LogP contribution in [0.3, 0.4) is 0 Å². The number of alkyl halides is 2. The van der Waals surface area contributed by atoms with Crippen molar-refractivity contribution in [2.75, 3.05) is 27.7 Å². The van der Waals surface area contributed by atoms with E-state index in [9.17, 15) is 8.78 Å². The van der Waals surface area contributed by atoms with Gasteiger partial charge in [0.15, 0.2) is 5.96 Å². The Balaban J connectivity index is 0.00000364. The number of likely N-dealkylation sites (N-methyl/N-ethyl adjacent to an activating group) is 1. The van der Waals surface area contributed by atoms with Crippen molar-refractivity contribution in [1.29, 1.82) is 0 Å². The Kier molecular flexibility index (Phi) is 10.1. The molecule has 0 saturated heterocycles. The maximum absolute atomic E-state index is 12.5. The van der Waals surface area contributed by atoms with E-state index >= 15 is 0 Å². The minimum absolute atomic E-state index is 0. The van der Waals surface area contributed by atoms with Crippen LogP contribution in [0.5, 0.6) is 5.75 Å². The second kappa shape index (κ2) is 11.8. The quantitative estimate of drug-likeness (QED) is 0.335. The van der Waals surface area contributed by atoms with E-state index in [1.54, 1.807) is 31.5 Å². The fraction of sp³-hybridized carbons (Fsp3) is 0.389. The third-order valence-corrected chi connectivity index (χ3v) is 3.82. The predicted molar refractivity (Wildman–Crippen MR) is 112 cm³/mol. The van der Waals surface area contributed by atoms with Gasteiger partial charge in [-0.05, 0) is 32.3 Å². The molecule has 0 radical (unpaired) electrons. The van der Waals surface area contributed by atoms with Gasteiger partial charge in [-0.25, -0.2) is 0 Å². The molecule has 1 heterocycles. The highest BCUT2D eigenvalue weighted by Crippen LogP contribution is 2.20. The third-order valence-electron chi connectivity index (χ3n) is 3.82. The Morgan fingerprint density at radius 2 is 1.93 bits per heavy atom. The highest BCUT2D eigenvalue weighted by atomic mass is 127. The predicted octanol–water partition coefficient (Wildman–Crippen LogP) is 3.47. The Hall–Kier alpha value is -1.88. The number of hydrogen-bond acceptors (Lipinski definition) is 4. The Morgan fingerprint density at radius 1 is 1.19 bits per heavy atom. The molecule has 0 spiro atoms. The maximum Gasteiger partial charge on any atom is 0.387 e. The van der Waals surface area contributed by atoms with Gasteiger partial charge >= 0.3 is 6.61 Å². The number of nitrogens with zero attached hydrogens (tertiary/aromatic N) is 2. The SMILES string of the molecule is CN=C(NCc1ccccc1OC(F)F)NCC(c1ccco1)N(C)C.I. The molecule has 2 rings (SSSR count). The second-order valence-electron chi connectivity index (χ2n) is 5.79. The third kappa shape index (κ3) is 7.33. The first-order valence-electron chi connectivity index (χ1n) is 8.18. The van der Waals surface area contributed by atoms with E-state index in [1.807, 2.05) is 31.1 Å². The first-order valence-corrected chi connectivity index (χ1v) is 8.18. The number of guanidine groups is 1. The smallest absolute Gasteiger partial charge is 0.387 e. The van der Waals surface area contributed by atoms with Crippen LogP contribution in [0.2, 0.25) is 0 Å². The first-order chi connectivity index (χ1) is 12.5. The summed E-state index contributed by atoms with van der Waals surface area (Å²) in [5, 5.41) is 6.32. The zero-order valence-corrected chi connectivity index (χ0v) is 17.8. The number of furan rings is 1. The number of para-hydroxylation sites is 1. The monoisotopic (exact) mass is 494 g/mol. The molecule has 9 heteroatoms. The minimum atomic E-state index is -2.86. The molecule has 2 N–H and O–H groups in total. The largest absolute Gasteiger partial charge is 0.468 e. The molecule has 0 bridgehead atoms. The van der Waals surface area contributed by atoms with Crippen LogP contribution in [0.1, 0.15) is 17.4 Å². The van der Waals surface area contributed by atoms with Gasteiger partial charge in [-0.15, -0.1) is 24.0 Å². The highest BCUT2D eigenvalue weighted by Gasteiger charge is 2.17. The number of ether oxygens (including phenoxy) is 1. The van der Waals surface area contributed by atoms with Gasteiger partial charge in [0.2, 0.25) is 0 Å². The summed E-state index contributed by atoms with van der Waals surface area (Å²) in [4.78, 5) is 6.20. The lowest BCUT2D eigenvalue weighted by Crippen LogP contribution is -2.41. The van der Waals surface area contributed by atoms with Crippen molar-refractivity contribution < 1.29 is 17.9 Å². The van der Waals surface area contributed by atoms with Gasteiger partial charge < -0.3 is 19.8 Å². The molecule has 0 saturated carbocycles. The van der Waals surface area contributed by atoms with Crippen molar-refractivity contribution in [2.24, 2.45) is 4.99 Å². The molecule has 1 unspecified atom stereocenters. The molecule has 0 aliphatic rings. The lowest BCUT2D eigenvalue weighted by Gasteiger charge is -2.23. The van der Waals surface area contributed by atoms with Crippen LogP contribution >= 0.6 is 24.0 Å². The standard InChI is InChI=1S/C18H24F2N4O2.HI/c1-21-18(23-12-14(24(2)3)16-9-6-10-25-16)22-11-13-7-4-5-8-15(13)26-17(19)20;/h4-10,14,17H,11-12H2,1-3H3,(H2,21,22,23);1H. The molecule has 6 nitrogen and oxygen atoms in total. The van der Waals surface area contributed by atoms with Gasteiger partial charge in [0.05, 0.1) is 12.3 Å². The normalized spacial score (nSPS) is 12.6. The molecule has 0 aliphatic heterocycles.